The highest BCUT2D eigenvalue weighted by Gasteiger charge is 2.50. The first kappa shape index (κ1) is 11.8. The van der Waals surface area contributed by atoms with E-state index >= 15 is 0 Å². The lowest BCUT2D eigenvalue weighted by molar-refractivity contribution is 0.423. The van der Waals surface area contributed by atoms with Crippen LogP contribution in [0.5, 0.6) is 0 Å². The summed E-state index contributed by atoms with van der Waals surface area (Å²) in [5.74, 6) is 4.30. The highest BCUT2D eigenvalue weighted by atomic mass is 35.5. The zero-order chi connectivity index (χ0) is 13.0. The molecule has 1 aromatic rings. The highest BCUT2D eigenvalue weighted by Crippen LogP contribution is 2.46. The number of halogens is 1. The first-order chi connectivity index (χ1) is 9.21. The maximum absolute atomic E-state index is 5.98. The number of thioether (sulfide) groups is 1. The summed E-state index contributed by atoms with van der Waals surface area (Å²) in [6, 6.07) is 0. The van der Waals surface area contributed by atoms with Crippen LogP contribution in [0.15, 0.2) is 11.2 Å². The second-order valence-electron chi connectivity index (χ2n) is 5.20. The standard InChI is InChI=1S/C12H14ClN5S/c1-17-8-6-14-10(13)16-9(8)18-11(17)15-7-12(18)2-4-19-5-3-12/h6H,2-5,7H2,1H3. The number of hydrogen-bond donors (Lipinski definition) is 0. The molecule has 19 heavy (non-hydrogen) atoms. The molecule has 0 bridgehead atoms. The molecule has 0 aromatic carbocycles. The van der Waals surface area contributed by atoms with Crippen molar-refractivity contribution in [2.75, 3.05) is 34.9 Å². The number of rotatable bonds is 0. The minimum atomic E-state index is 0.109. The summed E-state index contributed by atoms with van der Waals surface area (Å²) in [6.07, 6.45) is 4.09. The van der Waals surface area contributed by atoms with Crippen molar-refractivity contribution in [2.24, 2.45) is 4.99 Å². The number of aromatic nitrogens is 2. The Kier molecular flexibility index (Phi) is 2.48. The second kappa shape index (κ2) is 3.99. The first-order valence-electron chi connectivity index (χ1n) is 6.40. The van der Waals surface area contributed by atoms with Crippen LogP contribution in [0.25, 0.3) is 0 Å². The fourth-order valence-electron chi connectivity index (χ4n) is 3.13. The third-order valence-corrected chi connectivity index (χ3v) is 5.37. The Morgan fingerprint density at radius 3 is 2.95 bits per heavy atom. The second-order valence-corrected chi connectivity index (χ2v) is 6.76. The molecule has 0 N–H and O–H groups in total. The number of anilines is 2. The van der Waals surface area contributed by atoms with E-state index in [1.165, 1.54) is 11.5 Å². The van der Waals surface area contributed by atoms with Gasteiger partial charge in [-0.3, -0.25) is 4.90 Å². The van der Waals surface area contributed by atoms with Gasteiger partial charge in [0.2, 0.25) is 11.2 Å². The van der Waals surface area contributed by atoms with Gasteiger partial charge in [0, 0.05) is 7.05 Å². The zero-order valence-electron chi connectivity index (χ0n) is 10.6. The number of guanidine groups is 1. The molecule has 0 amide bonds. The van der Waals surface area contributed by atoms with E-state index < -0.39 is 0 Å². The van der Waals surface area contributed by atoms with Crippen molar-refractivity contribution in [1.82, 2.24) is 9.97 Å². The molecule has 7 heteroatoms. The lowest BCUT2D eigenvalue weighted by Crippen LogP contribution is -2.52. The van der Waals surface area contributed by atoms with E-state index in [4.69, 9.17) is 16.6 Å². The van der Waals surface area contributed by atoms with E-state index in [1.807, 2.05) is 18.8 Å². The van der Waals surface area contributed by atoms with Crippen LogP contribution in [-0.4, -0.2) is 46.6 Å². The summed E-state index contributed by atoms with van der Waals surface area (Å²) in [4.78, 5) is 17.7. The number of aliphatic imine (C=N–C) groups is 1. The van der Waals surface area contributed by atoms with Crippen LogP contribution in [0.4, 0.5) is 11.5 Å². The van der Waals surface area contributed by atoms with Crippen LogP contribution in [-0.2, 0) is 0 Å². The van der Waals surface area contributed by atoms with Crippen molar-refractivity contribution in [2.45, 2.75) is 18.4 Å². The Morgan fingerprint density at radius 1 is 1.37 bits per heavy atom. The molecule has 0 aliphatic carbocycles. The third-order valence-electron chi connectivity index (χ3n) is 4.21. The molecule has 3 aliphatic rings. The quantitative estimate of drug-likeness (QED) is 0.685. The van der Waals surface area contributed by atoms with E-state index in [-0.39, 0.29) is 5.54 Å². The van der Waals surface area contributed by atoms with Gasteiger partial charge in [0.15, 0.2) is 5.82 Å². The van der Waals surface area contributed by atoms with Crippen LogP contribution in [0.1, 0.15) is 12.8 Å². The lowest BCUT2D eigenvalue weighted by atomic mass is 9.91. The molecule has 5 nitrogen and oxygen atoms in total. The first-order valence-corrected chi connectivity index (χ1v) is 7.93. The Labute approximate surface area is 121 Å². The molecule has 0 atom stereocenters. The topological polar surface area (TPSA) is 44.6 Å². The fourth-order valence-corrected chi connectivity index (χ4v) is 4.52. The predicted octanol–water partition coefficient (Wildman–Crippen LogP) is 2.02. The fraction of sp³-hybridized carbons (Fsp3) is 0.583. The Balaban J connectivity index is 1.84. The van der Waals surface area contributed by atoms with Crippen molar-refractivity contribution >= 4 is 40.8 Å². The SMILES string of the molecule is CN1C2=NCC3(CCSCC3)N2c2nc(Cl)ncc21. The summed E-state index contributed by atoms with van der Waals surface area (Å²) in [6.45, 7) is 0.869. The molecule has 3 aliphatic heterocycles. The minimum absolute atomic E-state index is 0.109. The average molecular weight is 296 g/mol. The molecule has 4 rings (SSSR count). The van der Waals surface area contributed by atoms with Gasteiger partial charge < -0.3 is 4.90 Å². The van der Waals surface area contributed by atoms with Gasteiger partial charge in [-0.1, -0.05) is 0 Å². The van der Waals surface area contributed by atoms with Crippen LogP contribution in [0.2, 0.25) is 5.28 Å². The van der Waals surface area contributed by atoms with Gasteiger partial charge in [-0.15, -0.1) is 0 Å². The molecule has 1 aromatic heterocycles. The molecular formula is C12H14ClN5S. The molecule has 0 radical (unpaired) electrons. The van der Waals surface area contributed by atoms with E-state index in [9.17, 15) is 0 Å². The van der Waals surface area contributed by atoms with Crippen molar-refractivity contribution < 1.29 is 0 Å². The normalized spacial score (nSPS) is 23.6. The third kappa shape index (κ3) is 1.53. The molecule has 0 unspecified atom stereocenters. The van der Waals surface area contributed by atoms with Gasteiger partial charge in [-0.2, -0.15) is 16.7 Å². The van der Waals surface area contributed by atoms with E-state index in [2.05, 4.69) is 19.8 Å². The molecule has 4 heterocycles. The summed E-state index contributed by atoms with van der Waals surface area (Å²) in [5.41, 5.74) is 1.11. The maximum atomic E-state index is 5.98. The summed E-state index contributed by atoms with van der Waals surface area (Å²) in [7, 11) is 2.02. The molecule has 0 saturated carbocycles. The van der Waals surface area contributed by atoms with E-state index in [0.717, 1.165) is 36.9 Å². The number of fused-ring (bicyclic) bond motifs is 4. The largest absolute Gasteiger partial charge is 0.311 e. The van der Waals surface area contributed by atoms with Crippen molar-refractivity contribution in [3.05, 3.63) is 11.5 Å². The predicted molar refractivity (Wildman–Crippen MR) is 79.5 cm³/mol. The van der Waals surface area contributed by atoms with Crippen molar-refractivity contribution in [3.63, 3.8) is 0 Å². The van der Waals surface area contributed by atoms with Gasteiger partial charge in [0.1, 0.15) is 5.69 Å². The monoisotopic (exact) mass is 295 g/mol. The van der Waals surface area contributed by atoms with Crippen LogP contribution < -0.4 is 9.80 Å². The molecule has 100 valence electrons. The number of hydrogen-bond acceptors (Lipinski definition) is 6. The van der Waals surface area contributed by atoms with Crippen LogP contribution >= 0.6 is 23.4 Å². The molecule has 1 fully saturated rings. The van der Waals surface area contributed by atoms with E-state index in [0.29, 0.717) is 5.28 Å². The van der Waals surface area contributed by atoms with Gasteiger partial charge in [-0.05, 0) is 35.9 Å². The minimum Gasteiger partial charge on any atom is -0.311 e. The zero-order valence-corrected chi connectivity index (χ0v) is 12.2. The Morgan fingerprint density at radius 2 is 2.16 bits per heavy atom. The summed E-state index contributed by atoms with van der Waals surface area (Å²) >= 11 is 8.00. The van der Waals surface area contributed by atoms with Gasteiger partial charge in [0.25, 0.3) is 0 Å². The van der Waals surface area contributed by atoms with Gasteiger partial charge in [-0.25, -0.2) is 9.98 Å². The van der Waals surface area contributed by atoms with Crippen LogP contribution in [0.3, 0.4) is 0 Å². The Hall–Kier alpha value is -1.01. The maximum Gasteiger partial charge on any atom is 0.224 e. The molecule has 1 spiro atoms. The lowest BCUT2D eigenvalue weighted by Gasteiger charge is -2.39. The number of nitrogens with zero attached hydrogens (tertiary/aromatic N) is 5. The van der Waals surface area contributed by atoms with Gasteiger partial charge >= 0.3 is 0 Å². The average Bonchev–Trinajstić information content (AvgIpc) is 2.90. The summed E-state index contributed by atoms with van der Waals surface area (Å²) < 4.78 is 0. The van der Waals surface area contributed by atoms with E-state index in [1.54, 1.807) is 6.20 Å². The summed E-state index contributed by atoms with van der Waals surface area (Å²) in [5, 5.41) is 0.306. The van der Waals surface area contributed by atoms with Crippen LogP contribution in [0, 0.1) is 0 Å². The highest BCUT2D eigenvalue weighted by molar-refractivity contribution is 7.99. The smallest absolute Gasteiger partial charge is 0.224 e. The Bertz CT molecular complexity index is 569. The van der Waals surface area contributed by atoms with Crippen molar-refractivity contribution in [3.8, 4) is 0 Å². The molecule has 1 saturated heterocycles. The van der Waals surface area contributed by atoms with Crippen molar-refractivity contribution in [1.29, 1.82) is 0 Å². The van der Waals surface area contributed by atoms with Gasteiger partial charge in [0.05, 0.1) is 18.3 Å². The molecular weight excluding hydrogens is 282 g/mol.